The minimum Gasteiger partial charge on any atom is -0.497 e. The van der Waals surface area contributed by atoms with Gasteiger partial charge in [-0.25, -0.2) is 0 Å². The van der Waals surface area contributed by atoms with Crippen LogP contribution in [0.2, 0.25) is 0 Å². The van der Waals surface area contributed by atoms with Crippen molar-refractivity contribution in [3.8, 4) is 22.6 Å². The van der Waals surface area contributed by atoms with Gasteiger partial charge in [-0.2, -0.15) is 0 Å². The van der Waals surface area contributed by atoms with Gasteiger partial charge < -0.3 is 23.2 Å². The van der Waals surface area contributed by atoms with Crippen LogP contribution in [0.15, 0.2) is 87.0 Å². The molecule has 0 amide bonds. The number of ether oxygens (including phenoxy) is 3. The number of aromatic nitrogens is 1. The first kappa shape index (κ1) is 25.8. The summed E-state index contributed by atoms with van der Waals surface area (Å²) in [6.07, 6.45) is 1.23. The molecule has 0 radical (unpaired) electrons. The van der Waals surface area contributed by atoms with Crippen LogP contribution in [0.1, 0.15) is 23.5 Å². The Morgan fingerprint density at radius 1 is 0.949 bits per heavy atom. The van der Waals surface area contributed by atoms with Crippen LogP contribution in [0.5, 0.6) is 11.5 Å². The van der Waals surface area contributed by atoms with Gasteiger partial charge in [-0.1, -0.05) is 30.3 Å². The minimum absolute atomic E-state index is 0.163. The van der Waals surface area contributed by atoms with Crippen molar-refractivity contribution in [1.29, 1.82) is 0 Å². The monoisotopic (exact) mass is 525 g/mol. The van der Waals surface area contributed by atoms with Crippen molar-refractivity contribution in [3.63, 3.8) is 0 Å². The molecule has 0 bridgehead atoms. The van der Waals surface area contributed by atoms with Gasteiger partial charge in [-0.15, -0.1) is 0 Å². The van der Waals surface area contributed by atoms with Crippen LogP contribution in [-0.4, -0.2) is 31.9 Å². The highest BCUT2D eigenvalue weighted by Gasteiger charge is 2.29. The zero-order valence-electron chi connectivity index (χ0n) is 22.0. The maximum Gasteiger partial charge on any atom is 0.306 e. The van der Waals surface area contributed by atoms with E-state index in [1.807, 2.05) is 24.3 Å². The fourth-order valence-electron chi connectivity index (χ4n) is 5.00. The van der Waals surface area contributed by atoms with Gasteiger partial charge in [0.15, 0.2) is 0 Å². The van der Waals surface area contributed by atoms with Gasteiger partial charge in [0.2, 0.25) is 5.43 Å². The molecule has 0 aliphatic heterocycles. The van der Waals surface area contributed by atoms with Gasteiger partial charge in [-0.05, 0) is 47.3 Å². The number of carbonyl (C=O) groups excluding carboxylic acids is 1. The molecule has 2 heterocycles. The van der Waals surface area contributed by atoms with Gasteiger partial charge in [0.05, 0.1) is 44.2 Å². The predicted octanol–water partition coefficient (Wildman–Crippen LogP) is 5.02. The molecule has 0 N–H and O–H groups in total. The van der Waals surface area contributed by atoms with Crippen molar-refractivity contribution in [2.75, 3.05) is 21.3 Å². The SMILES string of the molecule is COC(=O)C[C@@H](c1cc2ccccc2n(C)c1=O)c1c(OC)ccc2c(=O)c(-c3ccc(OC)cc3)coc12. The Morgan fingerprint density at radius 2 is 1.69 bits per heavy atom. The lowest BCUT2D eigenvalue weighted by Crippen LogP contribution is -2.26. The molecule has 0 saturated carbocycles. The standard InChI is InChI=1S/C31H27NO7/c1-32-25-8-6-5-7-19(25)15-23(31(32)35)22(16-27(33)38-4)28-26(37-3)14-13-21-29(34)24(17-39-30(21)28)18-9-11-20(36-2)12-10-18/h5-15,17,22H,16H2,1-4H3/t22-/m0/s1. The largest absolute Gasteiger partial charge is 0.497 e. The number of para-hydroxylation sites is 1. The molecule has 198 valence electrons. The molecule has 0 saturated heterocycles. The van der Waals surface area contributed by atoms with E-state index >= 15 is 0 Å². The zero-order chi connectivity index (χ0) is 27.7. The molecule has 0 aliphatic rings. The number of hydrogen-bond acceptors (Lipinski definition) is 7. The molecular formula is C31H27NO7. The van der Waals surface area contributed by atoms with Crippen molar-refractivity contribution in [2.45, 2.75) is 12.3 Å². The van der Waals surface area contributed by atoms with Crippen LogP contribution in [0.25, 0.3) is 33.0 Å². The number of benzene rings is 3. The highest BCUT2D eigenvalue weighted by atomic mass is 16.5. The summed E-state index contributed by atoms with van der Waals surface area (Å²) in [5, 5.41) is 1.12. The summed E-state index contributed by atoms with van der Waals surface area (Å²) < 4.78 is 23.5. The molecule has 39 heavy (non-hydrogen) atoms. The first-order chi connectivity index (χ1) is 18.9. The Labute approximate surface area is 224 Å². The van der Waals surface area contributed by atoms with E-state index in [4.69, 9.17) is 18.6 Å². The first-order valence-corrected chi connectivity index (χ1v) is 12.3. The average molecular weight is 526 g/mol. The van der Waals surface area contributed by atoms with E-state index in [0.717, 1.165) is 10.9 Å². The summed E-state index contributed by atoms with van der Waals surface area (Å²) in [4.78, 5) is 40.0. The third-order valence-electron chi connectivity index (χ3n) is 7.04. The van der Waals surface area contributed by atoms with Gasteiger partial charge in [0.1, 0.15) is 23.3 Å². The molecule has 8 nitrogen and oxygen atoms in total. The average Bonchev–Trinajstić information content (AvgIpc) is 2.97. The topological polar surface area (TPSA) is 97.0 Å². The summed E-state index contributed by atoms with van der Waals surface area (Å²) in [5.74, 6) is -0.286. The predicted molar refractivity (Wildman–Crippen MR) is 149 cm³/mol. The van der Waals surface area contributed by atoms with E-state index in [9.17, 15) is 14.4 Å². The summed E-state index contributed by atoms with van der Waals surface area (Å²) in [7, 11) is 6.04. The molecule has 1 atom stereocenters. The van der Waals surface area contributed by atoms with Crippen molar-refractivity contribution >= 4 is 27.8 Å². The highest BCUT2D eigenvalue weighted by molar-refractivity contribution is 5.88. The van der Waals surface area contributed by atoms with Crippen LogP contribution in [0, 0.1) is 0 Å². The van der Waals surface area contributed by atoms with E-state index in [2.05, 4.69) is 0 Å². The van der Waals surface area contributed by atoms with E-state index in [-0.39, 0.29) is 23.0 Å². The van der Waals surface area contributed by atoms with Crippen LogP contribution < -0.4 is 20.5 Å². The van der Waals surface area contributed by atoms with Gasteiger partial charge >= 0.3 is 5.97 Å². The van der Waals surface area contributed by atoms with E-state index in [0.29, 0.717) is 39.1 Å². The van der Waals surface area contributed by atoms with Crippen molar-refractivity contribution < 1.29 is 23.4 Å². The van der Waals surface area contributed by atoms with Gasteiger partial charge in [0.25, 0.3) is 5.56 Å². The number of carbonyl (C=O) groups is 1. The number of aryl methyl sites for hydroxylation is 1. The zero-order valence-corrected chi connectivity index (χ0v) is 22.0. The number of rotatable bonds is 7. The Bertz CT molecular complexity index is 1820. The second kappa shape index (κ2) is 10.5. The van der Waals surface area contributed by atoms with Crippen LogP contribution in [-0.2, 0) is 16.6 Å². The summed E-state index contributed by atoms with van der Waals surface area (Å²) in [5.41, 5.74) is 2.27. The molecular weight excluding hydrogens is 498 g/mol. The van der Waals surface area contributed by atoms with Crippen LogP contribution >= 0.6 is 0 Å². The number of nitrogens with zero attached hydrogens (tertiary/aromatic N) is 1. The number of pyridine rings is 1. The minimum atomic E-state index is -0.811. The number of fused-ring (bicyclic) bond motifs is 2. The van der Waals surface area contributed by atoms with E-state index in [1.54, 1.807) is 61.2 Å². The lowest BCUT2D eigenvalue weighted by atomic mass is 9.86. The maximum absolute atomic E-state index is 13.7. The fraction of sp³-hybridized carbons (Fsp3) is 0.194. The number of hydrogen-bond donors (Lipinski definition) is 0. The van der Waals surface area contributed by atoms with Gasteiger partial charge in [0, 0.05) is 24.1 Å². The second-order valence-electron chi connectivity index (χ2n) is 9.12. The lowest BCUT2D eigenvalue weighted by molar-refractivity contribution is -0.140. The summed E-state index contributed by atoms with van der Waals surface area (Å²) in [6, 6.07) is 19.6. The molecule has 0 fully saturated rings. The van der Waals surface area contributed by atoms with Crippen molar-refractivity contribution in [2.24, 2.45) is 7.05 Å². The quantitative estimate of drug-likeness (QED) is 0.275. The highest BCUT2D eigenvalue weighted by Crippen LogP contribution is 2.39. The lowest BCUT2D eigenvalue weighted by Gasteiger charge is -2.21. The Hall–Kier alpha value is -4.85. The third kappa shape index (κ3) is 4.54. The number of methoxy groups -OCH3 is 3. The first-order valence-electron chi connectivity index (χ1n) is 12.3. The summed E-state index contributed by atoms with van der Waals surface area (Å²) in [6.45, 7) is 0. The van der Waals surface area contributed by atoms with Crippen molar-refractivity contribution in [1.82, 2.24) is 4.57 Å². The van der Waals surface area contributed by atoms with Gasteiger partial charge in [-0.3, -0.25) is 14.4 Å². The summed E-state index contributed by atoms with van der Waals surface area (Å²) >= 11 is 0. The molecule has 0 unspecified atom stereocenters. The van der Waals surface area contributed by atoms with E-state index < -0.39 is 11.9 Å². The molecule has 8 heteroatoms. The maximum atomic E-state index is 13.7. The van der Waals surface area contributed by atoms with Crippen LogP contribution in [0.3, 0.4) is 0 Å². The second-order valence-corrected chi connectivity index (χ2v) is 9.12. The molecule has 0 aliphatic carbocycles. The van der Waals surface area contributed by atoms with Crippen molar-refractivity contribution in [3.05, 3.63) is 105 Å². The molecule has 0 spiro atoms. The van der Waals surface area contributed by atoms with Crippen LogP contribution in [0.4, 0.5) is 0 Å². The smallest absolute Gasteiger partial charge is 0.306 e. The third-order valence-corrected chi connectivity index (χ3v) is 7.04. The molecule has 3 aromatic carbocycles. The molecule has 5 aromatic rings. The fourth-order valence-corrected chi connectivity index (χ4v) is 5.00. The number of esters is 1. The molecule has 2 aromatic heterocycles. The molecule has 5 rings (SSSR count). The Morgan fingerprint density at radius 3 is 2.38 bits per heavy atom. The Kier molecular flexibility index (Phi) is 6.94. The Balaban J connectivity index is 1.79. The normalized spacial score (nSPS) is 11.9. The van der Waals surface area contributed by atoms with E-state index in [1.165, 1.54) is 20.5 Å².